The first-order valence-electron chi connectivity index (χ1n) is 10.0. The maximum Gasteiger partial charge on any atom is 0.217 e. The van der Waals surface area contributed by atoms with Gasteiger partial charge in [0.25, 0.3) is 0 Å². The van der Waals surface area contributed by atoms with E-state index in [1.165, 1.54) is 0 Å². The maximum atomic E-state index is 12.0. The predicted molar refractivity (Wildman–Crippen MR) is 116 cm³/mol. The topological polar surface area (TPSA) is 66.0 Å². The van der Waals surface area contributed by atoms with Gasteiger partial charge in [-0.2, -0.15) is 0 Å². The second-order valence-corrected chi connectivity index (χ2v) is 8.17. The Hall–Kier alpha value is -2.89. The third-order valence-electron chi connectivity index (χ3n) is 6.14. The number of amides is 1. The molecule has 2 aromatic carbocycles. The minimum Gasteiger partial charge on any atom is -0.497 e. The van der Waals surface area contributed by atoms with Crippen LogP contribution in [0.1, 0.15) is 55.8 Å². The van der Waals surface area contributed by atoms with E-state index in [2.05, 4.69) is 31.3 Å². The van der Waals surface area contributed by atoms with Crippen LogP contribution in [0.15, 0.2) is 30.3 Å². The summed E-state index contributed by atoms with van der Waals surface area (Å²) in [5.74, 6) is 2.89. The lowest BCUT2D eigenvalue weighted by atomic mass is 9.61. The van der Waals surface area contributed by atoms with Crippen LogP contribution in [0.5, 0.6) is 23.0 Å². The third-order valence-corrected chi connectivity index (χ3v) is 6.14. The molecule has 6 heteroatoms. The van der Waals surface area contributed by atoms with E-state index in [9.17, 15) is 4.79 Å². The zero-order valence-electron chi connectivity index (χ0n) is 18.8. The van der Waals surface area contributed by atoms with Crippen molar-refractivity contribution in [2.45, 2.75) is 44.6 Å². The first kappa shape index (κ1) is 21.8. The van der Waals surface area contributed by atoms with E-state index in [0.717, 1.165) is 34.6 Å². The minimum atomic E-state index is -0.244. The highest BCUT2D eigenvalue weighted by Crippen LogP contribution is 2.54. The molecule has 30 heavy (non-hydrogen) atoms. The van der Waals surface area contributed by atoms with Crippen LogP contribution in [-0.2, 0) is 10.2 Å². The Morgan fingerprint density at radius 1 is 0.933 bits per heavy atom. The summed E-state index contributed by atoms with van der Waals surface area (Å²) in [5, 5.41) is 3.12. The first-order chi connectivity index (χ1) is 14.3. The highest BCUT2D eigenvalue weighted by atomic mass is 16.5. The van der Waals surface area contributed by atoms with Crippen molar-refractivity contribution in [3.63, 3.8) is 0 Å². The van der Waals surface area contributed by atoms with Crippen molar-refractivity contribution < 1.29 is 23.7 Å². The van der Waals surface area contributed by atoms with Gasteiger partial charge in [0.2, 0.25) is 5.91 Å². The lowest BCUT2D eigenvalue weighted by Gasteiger charge is -2.45. The molecular weight excluding hydrogens is 382 g/mol. The maximum absolute atomic E-state index is 12.0. The summed E-state index contributed by atoms with van der Waals surface area (Å²) in [4.78, 5) is 12.0. The number of hydrogen-bond acceptors (Lipinski definition) is 5. The molecule has 1 aliphatic rings. The van der Waals surface area contributed by atoms with E-state index in [-0.39, 0.29) is 23.3 Å². The van der Waals surface area contributed by atoms with Crippen LogP contribution in [-0.4, -0.2) is 34.3 Å². The molecule has 3 rings (SSSR count). The summed E-state index contributed by atoms with van der Waals surface area (Å²) in [5.41, 5.74) is 2.99. The van der Waals surface area contributed by atoms with Crippen LogP contribution in [0.2, 0.25) is 0 Å². The van der Waals surface area contributed by atoms with Gasteiger partial charge in [0.05, 0.1) is 34.5 Å². The standard InChI is InChI=1S/C24H31NO5/c1-14(26)25-19-13-17(15-8-9-20(28-5)21(10-15)29-6)24(2,3)18-11-16(27-4)12-22(30-7)23(18)19/h8-12,17,19H,13H2,1-7H3,(H,25,26). The van der Waals surface area contributed by atoms with Gasteiger partial charge >= 0.3 is 0 Å². The Labute approximate surface area is 178 Å². The second-order valence-electron chi connectivity index (χ2n) is 8.17. The number of nitrogens with one attached hydrogen (secondary N) is 1. The fraction of sp³-hybridized carbons (Fsp3) is 0.458. The highest BCUT2D eigenvalue weighted by molar-refractivity contribution is 5.74. The number of hydrogen-bond donors (Lipinski definition) is 1. The number of methoxy groups -OCH3 is 4. The van der Waals surface area contributed by atoms with E-state index in [1.807, 2.05) is 18.2 Å². The Balaban J connectivity index is 2.20. The lowest BCUT2D eigenvalue weighted by Crippen LogP contribution is -2.40. The van der Waals surface area contributed by atoms with Crippen molar-refractivity contribution in [1.82, 2.24) is 5.32 Å². The van der Waals surface area contributed by atoms with E-state index >= 15 is 0 Å². The second kappa shape index (κ2) is 8.46. The molecule has 0 aromatic heterocycles. The molecular formula is C24H31NO5. The van der Waals surface area contributed by atoms with Crippen molar-refractivity contribution in [2.75, 3.05) is 28.4 Å². The minimum absolute atomic E-state index is 0.0745. The summed E-state index contributed by atoms with van der Waals surface area (Å²) in [6.45, 7) is 5.98. The van der Waals surface area contributed by atoms with Gasteiger partial charge in [-0.1, -0.05) is 19.9 Å². The largest absolute Gasteiger partial charge is 0.497 e. The molecule has 0 saturated heterocycles. The molecule has 6 nitrogen and oxygen atoms in total. The first-order valence-corrected chi connectivity index (χ1v) is 10.0. The zero-order valence-corrected chi connectivity index (χ0v) is 18.8. The van der Waals surface area contributed by atoms with Gasteiger partial charge in [0.1, 0.15) is 11.5 Å². The van der Waals surface area contributed by atoms with E-state index in [1.54, 1.807) is 35.4 Å². The molecule has 1 aliphatic carbocycles. The van der Waals surface area contributed by atoms with Gasteiger partial charge in [0, 0.05) is 18.6 Å². The van der Waals surface area contributed by atoms with Crippen LogP contribution in [0, 0.1) is 0 Å². The highest BCUT2D eigenvalue weighted by Gasteiger charge is 2.43. The normalized spacial score (nSPS) is 19.4. The van der Waals surface area contributed by atoms with Crippen molar-refractivity contribution in [3.05, 3.63) is 47.0 Å². The summed E-state index contributed by atoms with van der Waals surface area (Å²) < 4.78 is 22.2. The quantitative estimate of drug-likeness (QED) is 0.762. The van der Waals surface area contributed by atoms with Crippen LogP contribution in [0.4, 0.5) is 0 Å². The van der Waals surface area contributed by atoms with Crippen LogP contribution >= 0.6 is 0 Å². The third kappa shape index (κ3) is 3.78. The monoisotopic (exact) mass is 413 g/mol. The molecule has 2 unspecified atom stereocenters. The lowest BCUT2D eigenvalue weighted by molar-refractivity contribution is -0.119. The fourth-order valence-electron chi connectivity index (χ4n) is 4.62. The molecule has 0 aliphatic heterocycles. The molecule has 0 fully saturated rings. The Bertz CT molecular complexity index is 937. The van der Waals surface area contributed by atoms with E-state index in [4.69, 9.17) is 18.9 Å². The molecule has 2 atom stereocenters. The number of carbonyl (C=O) groups is 1. The molecule has 2 aromatic rings. The van der Waals surface area contributed by atoms with Crippen molar-refractivity contribution in [1.29, 1.82) is 0 Å². The Morgan fingerprint density at radius 2 is 1.60 bits per heavy atom. The van der Waals surface area contributed by atoms with Gasteiger partial charge in [-0.05, 0) is 47.1 Å². The number of ether oxygens (including phenoxy) is 4. The van der Waals surface area contributed by atoms with E-state index in [0.29, 0.717) is 11.5 Å². The van der Waals surface area contributed by atoms with Crippen molar-refractivity contribution in [3.8, 4) is 23.0 Å². The molecule has 0 radical (unpaired) electrons. The molecule has 1 N–H and O–H groups in total. The van der Waals surface area contributed by atoms with Gasteiger partial charge in [-0.15, -0.1) is 0 Å². The number of fused-ring (bicyclic) bond motifs is 1. The van der Waals surface area contributed by atoms with Gasteiger partial charge in [-0.25, -0.2) is 0 Å². The van der Waals surface area contributed by atoms with E-state index < -0.39 is 0 Å². The number of carbonyl (C=O) groups excluding carboxylic acids is 1. The Morgan fingerprint density at radius 3 is 2.17 bits per heavy atom. The zero-order chi connectivity index (χ0) is 22.1. The smallest absolute Gasteiger partial charge is 0.217 e. The molecule has 0 bridgehead atoms. The van der Waals surface area contributed by atoms with Gasteiger partial charge in [-0.3, -0.25) is 4.79 Å². The van der Waals surface area contributed by atoms with Crippen molar-refractivity contribution >= 4 is 5.91 Å². The molecule has 1 amide bonds. The van der Waals surface area contributed by atoms with Gasteiger partial charge in [0.15, 0.2) is 11.5 Å². The fourth-order valence-corrected chi connectivity index (χ4v) is 4.62. The average molecular weight is 414 g/mol. The summed E-state index contributed by atoms with van der Waals surface area (Å²) in [6.07, 6.45) is 0.734. The number of rotatable bonds is 6. The predicted octanol–water partition coefficient (Wildman–Crippen LogP) is 4.36. The van der Waals surface area contributed by atoms with Crippen LogP contribution in [0.25, 0.3) is 0 Å². The summed E-state index contributed by atoms with van der Waals surface area (Å²) in [6, 6.07) is 9.78. The Kier molecular flexibility index (Phi) is 6.15. The molecule has 0 saturated carbocycles. The van der Waals surface area contributed by atoms with Gasteiger partial charge < -0.3 is 24.3 Å². The molecule has 0 heterocycles. The SMILES string of the molecule is COc1cc(OC)c2c(c1)C(C)(C)C(c1ccc(OC)c(OC)c1)CC2NC(C)=O. The summed E-state index contributed by atoms with van der Waals surface area (Å²) >= 11 is 0. The van der Waals surface area contributed by atoms with Crippen LogP contribution in [0.3, 0.4) is 0 Å². The number of benzene rings is 2. The van der Waals surface area contributed by atoms with Crippen molar-refractivity contribution in [2.24, 2.45) is 0 Å². The molecule has 0 spiro atoms. The molecule has 162 valence electrons. The van der Waals surface area contributed by atoms with Crippen LogP contribution < -0.4 is 24.3 Å². The summed E-state index contributed by atoms with van der Waals surface area (Å²) in [7, 11) is 6.56. The average Bonchev–Trinajstić information content (AvgIpc) is 2.73.